The number of nitrogens with two attached hydrogens (primary N) is 2. The lowest BCUT2D eigenvalue weighted by molar-refractivity contribution is -0.113. The Morgan fingerprint density at radius 1 is 1.34 bits per heavy atom. The summed E-state index contributed by atoms with van der Waals surface area (Å²) in [5, 5.41) is 17.7. The minimum absolute atomic E-state index is 0.132. The highest BCUT2D eigenvalue weighted by Crippen LogP contribution is 2.35. The van der Waals surface area contributed by atoms with E-state index in [1.54, 1.807) is 68.5 Å². The highest BCUT2D eigenvalue weighted by atomic mass is 32.2. The average Bonchev–Trinajstić information content (AvgIpc) is 3.50. The zero-order valence-corrected chi connectivity index (χ0v) is 20.3. The molecule has 35 heavy (non-hydrogen) atoms. The molecule has 9 nitrogen and oxygen atoms in total. The van der Waals surface area contributed by atoms with Gasteiger partial charge < -0.3 is 31.6 Å². The van der Waals surface area contributed by atoms with Crippen molar-refractivity contribution in [2.45, 2.75) is 31.2 Å². The summed E-state index contributed by atoms with van der Waals surface area (Å²) < 4.78 is 5.22. The predicted octanol–water partition coefficient (Wildman–Crippen LogP) is 3.90. The summed E-state index contributed by atoms with van der Waals surface area (Å²) in [6.07, 6.45) is 6.97. The second-order valence-electron chi connectivity index (χ2n) is 8.80. The first-order valence-electron chi connectivity index (χ1n) is 11.0. The number of nitrogen functional groups attached to an aromatic ring is 2. The summed E-state index contributed by atoms with van der Waals surface area (Å²) in [6, 6.07) is 9.01. The van der Waals surface area contributed by atoms with Gasteiger partial charge in [-0.3, -0.25) is 9.79 Å². The summed E-state index contributed by atoms with van der Waals surface area (Å²) in [5.74, 6) is 0.142. The Hall–Kier alpha value is -3.76. The van der Waals surface area contributed by atoms with Gasteiger partial charge in [0.25, 0.3) is 5.91 Å². The van der Waals surface area contributed by atoms with Gasteiger partial charge in [-0.05, 0) is 56.2 Å². The molecule has 0 aliphatic carbocycles. The van der Waals surface area contributed by atoms with E-state index in [1.807, 2.05) is 6.07 Å². The Morgan fingerprint density at radius 2 is 2.17 bits per heavy atom. The van der Waals surface area contributed by atoms with E-state index in [0.717, 1.165) is 11.1 Å². The first-order valence-corrected chi connectivity index (χ1v) is 12.0. The van der Waals surface area contributed by atoms with Gasteiger partial charge >= 0.3 is 0 Å². The van der Waals surface area contributed by atoms with Gasteiger partial charge in [-0.1, -0.05) is 0 Å². The third-order valence-electron chi connectivity index (χ3n) is 5.35. The van der Waals surface area contributed by atoms with Gasteiger partial charge in [0, 0.05) is 52.4 Å². The van der Waals surface area contributed by atoms with E-state index < -0.39 is 5.60 Å². The number of aromatic nitrogens is 1. The summed E-state index contributed by atoms with van der Waals surface area (Å²) in [5.41, 5.74) is 16.0. The number of nitrogens with zero attached hydrogens (tertiary/aromatic N) is 2. The van der Waals surface area contributed by atoms with Crippen LogP contribution >= 0.6 is 11.8 Å². The fraction of sp³-hybridized carbons (Fsp3) is 0.240. The summed E-state index contributed by atoms with van der Waals surface area (Å²) >= 11 is 1.48. The topological polar surface area (TPSA) is 152 Å². The van der Waals surface area contributed by atoms with Crippen LogP contribution in [0.15, 0.2) is 69.6 Å². The highest BCUT2D eigenvalue weighted by molar-refractivity contribution is 8.02. The lowest BCUT2D eigenvalue weighted by Crippen LogP contribution is -2.24. The van der Waals surface area contributed by atoms with Crippen LogP contribution in [-0.4, -0.2) is 34.4 Å². The summed E-state index contributed by atoms with van der Waals surface area (Å²) in [7, 11) is 0. The first kappa shape index (κ1) is 24.4. The molecular weight excluding hydrogens is 464 g/mol. The Kier molecular flexibility index (Phi) is 7.13. The quantitative estimate of drug-likeness (QED) is 0.234. The van der Waals surface area contributed by atoms with Crippen LogP contribution < -0.4 is 22.1 Å². The first-order chi connectivity index (χ1) is 16.7. The van der Waals surface area contributed by atoms with Crippen molar-refractivity contribution in [2.24, 2.45) is 4.99 Å². The molecule has 0 fully saturated rings. The number of thioether (sulfide) groups is 1. The fourth-order valence-corrected chi connectivity index (χ4v) is 4.41. The van der Waals surface area contributed by atoms with Gasteiger partial charge in [0.1, 0.15) is 16.9 Å². The molecule has 0 bridgehead atoms. The summed E-state index contributed by atoms with van der Waals surface area (Å²) in [4.78, 5) is 21.4. The standard InChI is InChI=1S/C25H28N6O3S/c1-25(2,33)5-7-28-12-17-9-18(11-19(22(17)27)16-4-8-34-13-16)30-23(32)20-14-35-24(31-20)15-3-6-29-21(26)10-15/h3-4,6,8-14,24,31,33H,5,7,27H2,1-2H3,(H2,26,29)(H,30,32). The van der Waals surface area contributed by atoms with E-state index in [4.69, 9.17) is 15.9 Å². The number of carbonyl (C=O) groups is 1. The van der Waals surface area contributed by atoms with E-state index in [9.17, 15) is 9.90 Å². The van der Waals surface area contributed by atoms with Gasteiger partial charge in [0.05, 0.1) is 18.1 Å². The van der Waals surface area contributed by atoms with E-state index in [0.29, 0.717) is 47.0 Å². The maximum Gasteiger partial charge on any atom is 0.272 e. The monoisotopic (exact) mass is 492 g/mol. The number of furan rings is 1. The number of rotatable bonds is 8. The number of amides is 1. The zero-order chi connectivity index (χ0) is 25.0. The second-order valence-corrected chi connectivity index (χ2v) is 9.78. The number of benzene rings is 1. The second kappa shape index (κ2) is 10.2. The molecule has 10 heteroatoms. The van der Waals surface area contributed by atoms with Crippen molar-refractivity contribution in [2.75, 3.05) is 23.3 Å². The van der Waals surface area contributed by atoms with Crippen LogP contribution in [0.5, 0.6) is 0 Å². The molecule has 0 saturated carbocycles. The molecule has 1 aliphatic rings. The van der Waals surface area contributed by atoms with E-state index in [-0.39, 0.29) is 11.3 Å². The normalized spacial score (nSPS) is 15.7. The fourth-order valence-electron chi connectivity index (χ4n) is 3.47. The Labute approximate surface area is 207 Å². The molecule has 1 aromatic carbocycles. The van der Waals surface area contributed by atoms with Gasteiger partial charge in [-0.15, -0.1) is 11.8 Å². The SMILES string of the molecule is CC(C)(O)CCN=Cc1cc(NC(=O)C2=CSC(c3ccnc(N)c3)N2)cc(-c2ccoc2)c1N. The van der Waals surface area contributed by atoms with Gasteiger partial charge in [0.15, 0.2) is 0 Å². The molecule has 3 heterocycles. The number of anilines is 3. The summed E-state index contributed by atoms with van der Waals surface area (Å²) in [6.45, 7) is 3.92. The molecule has 0 spiro atoms. The molecule has 1 aliphatic heterocycles. The smallest absolute Gasteiger partial charge is 0.272 e. The van der Waals surface area contributed by atoms with Crippen LogP contribution in [0.1, 0.15) is 36.8 Å². The Balaban J connectivity index is 1.53. The predicted molar refractivity (Wildman–Crippen MR) is 141 cm³/mol. The maximum absolute atomic E-state index is 13.0. The molecule has 4 rings (SSSR count). The number of hydrogen-bond acceptors (Lipinski definition) is 9. The van der Waals surface area contributed by atoms with Crippen LogP contribution in [0.3, 0.4) is 0 Å². The minimum Gasteiger partial charge on any atom is -0.472 e. The van der Waals surface area contributed by atoms with Crippen LogP contribution in [0, 0.1) is 0 Å². The number of pyridine rings is 1. The van der Waals surface area contributed by atoms with Crippen LogP contribution in [0.4, 0.5) is 17.2 Å². The number of aliphatic hydroxyl groups is 1. The van der Waals surface area contributed by atoms with Crippen LogP contribution in [0.25, 0.3) is 11.1 Å². The van der Waals surface area contributed by atoms with E-state index >= 15 is 0 Å². The van der Waals surface area contributed by atoms with Gasteiger partial charge in [-0.25, -0.2) is 4.98 Å². The van der Waals surface area contributed by atoms with Crippen molar-refractivity contribution in [3.05, 3.63) is 71.3 Å². The number of aliphatic imine (C=N–C) groups is 1. The largest absolute Gasteiger partial charge is 0.472 e. The van der Waals surface area contributed by atoms with Gasteiger partial charge in [0.2, 0.25) is 0 Å². The van der Waals surface area contributed by atoms with Crippen LogP contribution in [-0.2, 0) is 4.79 Å². The zero-order valence-electron chi connectivity index (χ0n) is 19.5. The van der Waals surface area contributed by atoms with Crippen molar-refractivity contribution in [3.63, 3.8) is 0 Å². The van der Waals surface area contributed by atoms with Crippen molar-refractivity contribution in [1.82, 2.24) is 10.3 Å². The molecule has 0 saturated heterocycles. The van der Waals surface area contributed by atoms with Gasteiger partial charge in [-0.2, -0.15) is 0 Å². The molecule has 1 amide bonds. The number of nitrogens with one attached hydrogen (secondary N) is 2. The average molecular weight is 493 g/mol. The molecule has 3 aromatic rings. The van der Waals surface area contributed by atoms with Crippen molar-refractivity contribution in [3.8, 4) is 11.1 Å². The highest BCUT2D eigenvalue weighted by Gasteiger charge is 2.24. The number of carbonyl (C=O) groups excluding carboxylic acids is 1. The molecule has 0 radical (unpaired) electrons. The van der Waals surface area contributed by atoms with Crippen molar-refractivity contribution >= 4 is 41.1 Å². The third kappa shape index (κ3) is 6.23. The lowest BCUT2D eigenvalue weighted by Gasteiger charge is -2.15. The molecule has 1 atom stereocenters. The Morgan fingerprint density at radius 3 is 2.89 bits per heavy atom. The van der Waals surface area contributed by atoms with E-state index in [1.165, 1.54) is 11.8 Å². The van der Waals surface area contributed by atoms with Crippen molar-refractivity contribution in [1.29, 1.82) is 0 Å². The third-order valence-corrected chi connectivity index (χ3v) is 6.38. The van der Waals surface area contributed by atoms with Crippen molar-refractivity contribution < 1.29 is 14.3 Å². The van der Waals surface area contributed by atoms with E-state index in [2.05, 4.69) is 20.6 Å². The minimum atomic E-state index is -0.805. The maximum atomic E-state index is 13.0. The molecular formula is C25H28N6O3S. The lowest BCUT2D eigenvalue weighted by atomic mass is 10.0. The molecule has 182 valence electrons. The Bertz CT molecular complexity index is 1260. The molecule has 7 N–H and O–H groups in total. The molecule has 1 unspecified atom stereocenters. The van der Waals surface area contributed by atoms with Crippen LogP contribution in [0.2, 0.25) is 0 Å². The number of hydrogen-bond donors (Lipinski definition) is 5. The molecule has 2 aromatic heterocycles.